The maximum absolute atomic E-state index is 13.3. The molecule has 0 radical (unpaired) electrons. The maximum Gasteiger partial charge on any atom is 0.300 e. The molecule has 1 amide bonds. The van der Waals surface area contributed by atoms with Crippen molar-refractivity contribution < 1.29 is 14.7 Å². The third kappa shape index (κ3) is 6.27. The number of fused-ring (bicyclic) bond motifs is 1. The average molecular weight is 523 g/mol. The van der Waals surface area contributed by atoms with Crippen molar-refractivity contribution in [3.63, 3.8) is 0 Å². The summed E-state index contributed by atoms with van der Waals surface area (Å²) in [5.41, 5.74) is 3.64. The van der Waals surface area contributed by atoms with E-state index in [1.807, 2.05) is 44.2 Å². The number of carboxylic acid groups (broad SMARTS) is 1. The molecule has 186 valence electrons. The van der Waals surface area contributed by atoms with Crippen molar-refractivity contribution in [1.82, 2.24) is 14.3 Å². The minimum atomic E-state index is -0.833. The molecule has 1 fully saturated rings. The Bertz CT molecular complexity index is 1420. The van der Waals surface area contributed by atoms with Crippen molar-refractivity contribution >= 4 is 57.7 Å². The van der Waals surface area contributed by atoms with Crippen molar-refractivity contribution in [2.75, 3.05) is 11.9 Å². The monoisotopic (exact) mass is 522 g/mol. The third-order valence-electron chi connectivity index (χ3n) is 5.11. The van der Waals surface area contributed by atoms with Crippen LogP contribution in [0.15, 0.2) is 64.9 Å². The SMILES string of the molecule is C=CCNc1nc2c(C)cccn2c(=O)c1/C=C1\SC(=S)N(Cc2ccc(C)cc2)C1=O.CC(=O)O. The number of anilines is 1. The molecule has 0 saturated carbocycles. The lowest BCUT2D eigenvalue weighted by Crippen LogP contribution is -2.27. The quantitative estimate of drug-likeness (QED) is 0.279. The molecule has 2 aromatic heterocycles. The Morgan fingerprint density at radius 3 is 2.53 bits per heavy atom. The van der Waals surface area contributed by atoms with Crippen LogP contribution in [0.1, 0.15) is 29.2 Å². The molecule has 0 unspecified atom stereocenters. The van der Waals surface area contributed by atoms with Crippen LogP contribution in [-0.4, -0.2) is 42.1 Å². The first-order valence-corrected chi connectivity index (χ1v) is 12.2. The Labute approximate surface area is 218 Å². The summed E-state index contributed by atoms with van der Waals surface area (Å²) in [7, 11) is 0. The van der Waals surface area contributed by atoms with Crippen LogP contribution >= 0.6 is 24.0 Å². The molecule has 36 heavy (non-hydrogen) atoms. The average Bonchev–Trinajstić information content (AvgIpc) is 3.08. The number of carboxylic acids is 1. The molecule has 0 atom stereocenters. The summed E-state index contributed by atoms with van der Waals surface area (Å²) >= 11 is 6.66. The number of hydrogen-bond donors (Lipinski definition) is 2. The molecule has 10 heteroatoms. The summed E-state index contributed by atoms with van der Waals surface area (Å²) in [6, 6.07) is 11.7. The summed E-state index contributed by atoms with van der Waals surface area (Å²) in [6.07, 6.45) is 4.95. The van der Waals surface area contributed by atoms with Gasteiger partial charge in [0.05, 0.1) is 17.0 Å². The van der Waals surface area contributed by atoms with Gasteiger partial charge < -0.3 is 10.4 Å². The Morgan fingerprint density at radius 2 is 1.89 bits per heavy atom. The summed E-state index contributed by atoms with van der Waals surface area (Å²) in [5, 5.41) is 10.5. The third-order valence-corrected chi connectivity index (χ3v) is 6.49. The number of amides is 1. The van der Waals surface area contributed by atoms with Gasteiger partial charge in [0.15, 0.2) is 0 Å². The number of pyridine rings is 1. The topological polar surface area (TPSA) is 104 Å². The Morgan fingerprint density at radius 1 is 1.22 bits per heavy atom. The van der Waals surface area contributed by atoms with Gasteiger partial charge in [-0.1, -0.05) is 66.0 Å². The Kier molecular flexibility index (Phi) is 8.78. The molecule has 1 aliphatic rings. The predicted molar refractivity (Wildman–Crippen MR) is 148 cm³/mol. The molecular weight excluding hydrogens is 496 g/mol. The lowest BCUT2D eigenvalue weighted by molar-refractivity contribution is -0.134. The van der Waals surface area contributed by atoms with Crippen LogP contribution in [0.5, 0.6) is 0 Å². The highest BCUT2D eigenvalue weighted by atomic mass is 32.2. The zero-order valence-electron chi connectivity index (χ0n) is 20.1. The number of carbonyl (C=O) groups excluding carboxylic acids is 1. The van der Waals surface area contributed by atoms with E-state index < -0.39 is 5.97 Å². The highest BCUT2D eigenvalue weighted by Crippen LogP contribution is 2.34. The zero-order chi connectivity index (χ0) is 26.4. The highest BCUT2D eigenvalue weighted by molar-refractivity contribution is 8.26. The lowest BCUT2D eigenvalue weighted by Gasteiger charge is -2.14. The molecule has 0 bridgehead atoms. The fraction of sp³-hybridized carbons (Fsp3) is 0.192. The first-order chi connectivity index (χ1) is 17.1. The van der Waals surface area contributed by atoms with Gasteiger partial charge in [0, 0.05) is 19.7 Å². The largest absolute Gasteiger partial charge is 0.481 e. The molecular formula is C26H26N4O4S2. The van der Waals surface area contributed by atoms with Crippen molar-refractivity contribution in [3.05, 3.63) is 92.8 Å². The van der Waals surface area contributed by atoms with Gasteiger partial charge in [0.1, 0.15) is 15.8 Å². The number of benzene rings is 1. The molecule has 0 aliphatic carbocycles. The van der Waals surface area contributed by atoms with E-state index in [-0.39, 0.29) is 11.5 Å². The number of thioether (sulfide) groups is 1. The summed E-state index contributed by atoms with van der Waals surface area (Å²) < 4.78 is 1.96. The van der Waals surface area contributed by atoms with Gasteiger partial charge in [-0.05, 0) is 37.1 Å². The van der Waals surface area contributed by atoms with Crippen LogP contribution in [-0.2, 0) is 16.1 Å². The van der Waals surface area contributed by atoms with Gasteiger partial charge in [-0.25, -0.2) is 4.98 Å². The Hall–Kier alpha value is -3.76. The molecule has 1 aromatic carbocycles. The van der Waals surface area contributed by atoms with Crippen LogP contribution in [0.2, 0.25) is 0 Å². The minimum Gasteiger partial charge on any atom is -0.481 e. The predicted octanol–water partition coefficient (Wildman–Crippen LogP) is 4.40. The molecule has 2 N–H and O–H groups in total. The fourth-order valence-electron chi connectivity index (χ4n) is 3.39. The summed E-state index contributed by atoms with van der Waals surface area (Å²) in [6.45, 7) is 9.53. The number of nitrogens with zero attached hydrogens (tertiary/aromatic N) is 3. The van der Waals surface area contributed by atoms with Gasteiger partial charge in [0.2, 0.25) is 0 Å². The van der Waals surface area contributed by atoms with E-state index in [2.05, 4.69) is 16.9 Å². The van der Waals surface area contributed by atoms with Crippen molar-refractivity contribution in [3.8, 4) is 0 Å². The van der Waals surface area contributed by atoms with Crippen molar-refractivity contribution in [1.29, 1.82) is 0 Å². The van der Waals surface area contributed by atoms with Gasteiger partial charge in [-0.15, -0.1) is 6.58 Å². The standard InChI is InChI=1S/C24H22N4O2S2.C2H4O2/c1-4-11-25-20-18(22(29)27-12-5-6-16(3)21(27)26-20)13-19-23(30)28(24(31)32-19)14-17-9-7-15(2)8-10-17;1-2(3)4/h4-10,12-13,25H,1,11,14H2,2-3H3;1H3,(H,3,4)/b19-13-;. The van der Waals surface area contributed by atoms with Crippen molar-refractivity contribution in [2.24, 2.45) is 0 Å². The number of aromatic nitrogens is 2. The first kappa shape index (κ1) is 26.8. The zero-order valence-corrected chi connectivity index (χ0v) is 21.8. The van der Waals surface area contributed by atoms with Crippen molar-refractivity contribution in [2.45, 2.75) is 27.3 Å². The molecule has 0 spiro atoms. The smallest absolute Gasteiger partial charge is 0.300 e. The maximum atomic E-state index is 13.3. The molecule has 4 rings (SSSR count). The number of hydrogen-bond acceptors (Lipinski definition) is 7. The van der Waals surface area contributed by atoms with Gasteiger partial charge in [-0.3, -0.25) is 23.7 Å². The second-order valence-electron chi connectivity index (χ2n) is 8.01. The summed E-state index contributed by atoms with van der Waals surface area (Å²) in [5.74, 6) is -0.642. The van der Waals surface area contributed by atoms with E-state index in [4.69, 9.17) is 22.1 Å². The van der Waals surface area contributed by atoms with E-state index >= 15 is 0 Å². The summed E-state index contributed by atoms with van der Waals surface area (Å²) in [4.78, 5) is 42.0. The molecule has 1 aliphatic heterocycles. The highest BCUT2D eigenvalue weighted by Gasteiger charge is 2.32. The van der Waals surface area contributed by atoms with Gasteiger partial charge in [-0.2, -0.15) is 0 Å². The van der Waals surface area contributed by atoms with E-state index in [1.54, 1.807) is 29.3 Å². The number of thiocarbonyl (C=S) groups is 1. The van der Waals surface area contributed by atoms with Gasteiger partial charge in [0.25, 0.3) is 17.4 Å². The number of carbonyl (C=O) groups is 2. The Balaban J connectivity index is 0.000000840. The van der Waals surface area contributed by atoms with Gasteiger partial charge >= 0.3 is 0 Å². The second kappa shape index (κ2) is 11.8. The molecule has 1 saturated heterocycles. The van der Waals surface area contributed by atoms with E-state index in [9.17, 15) is 9.59 Å². The van der Waals surface area contributed by atoms with Crippen LogP contribution in [0.4, 0.5) is 5.82 Å². The van der Waals surface area contributed by atoms with Crippen LogP contribution < -0.4 is 10.9 Å². The molecule has 8 nitrogen and oxygen atoms in total. The van der Waals surface area contributed by atoms with E-state index in [0.717, 1.165) is 23.6 Å². The van der Waals surface area contributed by atoms with Crippen LogP contribution in [0, 0.1) is 13.8 Å². The first-order valence-electron chi connectivity index (χ1n) is 11.0. The number of aryl methyl sites for hydroxylation is 2. The number of aliphatic carboxylic acids is 1. The van der Waals surface area contributed by atoms with E-state index in [1.165, 1.54) is 16.2 Å². The van der Waals surface area contributed by atoms with Crippen LogP contribution in [0.3, 0.4) is 0 Å². The molecule has 3 heterocycles. The minimum absolute atomic E-state index is 0.219. The molecule has 3 aromatic rings. The lowest BCUT2D eigenvalue weighted by atomic mass is 10.1. The van der Waals surface area contributed by atoms with Crippen LogP contribution in [0.25, 0.3) is 11.7 Å². The fourth-order valence-corrected chi connectivity index (χ4v) is 4.63. The van der Waals surface area contributed by atoms with E-state index in [0.29, 0.717) is 39.3 Å². The number of rotatable bonds is 6. The second-order valence-corrected chi connectivity index (χ2v) is 9.68. The number of nitrogens with one attached hydrogen (secondary N) is 1. The normalized spacial score (nSPS) is 14.1.